The molecular formula is C19H18ClN3O2. The minimum atomic E-state index is -0.240. The summed E-state index contributed by atoms with van der Waals surface area (Å²) in [5.41, 5.74) is 5.21. The van der Waals surface area contributed by atoms with E-state index in [-0.39, 0.29) is 17.7 Å². The quantitative estimate of drug-likeness (QED) is 0.631. The van der Waals surface area contributed by atoms with Crippen molar-refractivity contribution in [2.24, 2.45) is 11.0 Å². The Labute approximate surface area is 151 Å². The van der Waals surface area contributed by atoms with Crippen molar-refractivity contribution in [3.63, 3.8) is 0 Å². The Morgan fingerprint density at radius 1 is 1.08 bits per heavy atom. The zero-order valence-corrected chi connectivity index (χ0v) is 14.5. The number of amides is 2. The smallest absolute Gasteiger partial charge is 0.255 e. The highest BCUT2D eigenvalue weighted by Crippen LogP contribution is 2.28. The average Bonchev–Trinajstić information content (AvgIpc) is 3.44. The molecule has 25 heavy (non-hydrogen) atoms. The van der Waals surface area contributed by atoms with Gasteiger partial charge in [0.1, 0.15) is 0 Å². The standard InChI is InChI=1S/C19H18ClN3O2/c1-12(22-23-19(25)13-8-9-13)14-4-3-7-17(11-14)21-18(24)15-5-2-6-16(20)10-15/h2-7,10-11,13H,8-9H2,1H3,(H,21,24)(H,23,25). The predicted octanol–water partition coefficient (Wildman–Crippen LogP) is 3.84. The molecule has 0 spiro atoms. The first-order valence-electron chi connectivity index (χ1n) is 8.04. The van der Waals surface area contributed by atoms with Gasteiger partial charge in [0.15, 0.2) is 0 Å². The van der Waals surface area contributed by atoms with Crippen LogP contribution in [0.5, 0.6) is 0 Å². The fraction of sp³-hybridized carbons (Fsp3) is 0.211. The monoisotopic (exact) mass is 355 g/mol. The zero-order valence-electron chi connectivity index (χ0n) is 13.8. The lowest BCUT2D eigenvalue weighted by molar-refractivity contribution is -0.122. The Kier molecular flexibility index (Phi) is 5.14. The molecule has 2 aromatic rings. The molecule has 0 atom stereocenters. The minimum Gasteiger partial charge on any atom is -0.322 e. The van der Waals surface area contributed by atoms with Gasteiger partial charge in [0, 0.05) is 22.2 Å². The molecule has 1 aliphatic rings. The SMILES string of the molecule is CC(=NNC(=O)C1CC1)c1cccc(NC(=O)c2cccc(Cl)c2)c1. The highest BCUT2D eigenvalue weighted by atomic mass is 35.5. The van der Waals surface area contributed by atoms with E-state index in [1.54, 1.807) is 30.3 Å². The number of carbonyl (C=O) groups is 2. The summed E-state index contributed by atoms with van der Waals surface area (Å²) in [7, 11) is 0. The summed E-state index contributed by atoms with van der Waals surface area (Å²) in [6.07, 6.45) is 1.87. The van der Waals surface area contributed by atoms with Gasteiger partial charge in [-0.05, 0) is 55.7 Å². The maximum atomic E-state index is 12.3. The molecule has 6 heteroatoms. The summed E-state index contributed by atoms with van der Waals surface area (Å²) in [5.74, 6) is -0.166. The maximum Gasteiger partial charge on any atom is 0.255 e. The van der Waals surface area contributed by atoms with E-state index in [1.165, 1.54) is 0 Å². The molecule has 0 saturated heterocycles. The van der Waals surface area contributed by atoms with Crippen molar-refractivity contribution in [2.75, 3.05) is 5.32 Å². The number of nitrogens with zero attached hydrogens (tertiary/aromatic N) is 1. The Morgan fingerprint density at radius 2 is 1.80 bits per heavy atom. The second-order valence-corrected chi connectivity index (χ2v) is 6.43. The third-order valence-electron chi connectivity index (χ3n) is 3.91. The number of nitrogens with one attached hydrogen (secondary N) is 2. The second kappa shape index (κ2) is 7.49. The lowest BCUT2D eigenvalue weighted by atomic mass is 10.1. The summed E-state index contributed by atoms with van der Waals surface area (Å²) in [6.45, 7) is 1.81. The molecule has 2 aromatic carbocycles. The predicted molar refractivity (Wildman–Crippen MR) is 98.9 cm³/mol. The summed E-state index contributed by atoms with van der Waals surface area (Å²) in [5, 5.41) is 7.48. The average molecular weight is 356 g/mol. The summed E-state index contributed by atoms with van der Waals surface area (Å²) >= 11 is 5.92. The summed E-state index contributed by atoms with van der Waals surface area (Å²) in [4.78, 5) is 23.9. The number of hydrazone groups is 1. The van der Waals surface area contributed by atoms with Gasteiger partial charge in [-0.1, -0.05) is 29.8 Å². The molecular weight excluding hydrogens is 338 g/mol. The number of benzene rings is 2. The van der Waals surface area contributed by atoms with E-state index in [9.17, 15) is 9.59 Å². The van der Waals surface area contributed by atoms with Crippen molar-refractivity contribution in [3.05, 3.63) is 64.7 Å². The number of anilines is 1. The number of hydrogen-bond donors (Lipinski definition) is 2. The first-order valence-corrected chi connectivity index (χ1v) is 8.42. The summed E-state index contributed by atoms with van der Waals surface area (Å²) < 4.78 is 0. The second-order valence-electron chi connectivity index (χ2n) is 5.99. The normalized spacial score (nSPS) is 14.1. The van der Waals surface area contributed by atoms with Crippen molar-refractivity contribution >= 4 is 34.8 Å². The molecule has 2 N–H and O–H groups in total. The molecule has 5 nitrogen and oxygen atoms in total. The highest BCUT2D eigenvalue weighted by molar-refractivity contribution is 6.31. The molecule has 0 aliphatic heterocycles. The molecule has 0 unspecified atom stereocenters. The molecule has 0 aromatic heterocycles. The molecule has 0 bridgehead atoms. The van der Waals surface area contributed by atoms with Crippen LogP contribution in [0.2, 0.25) is 5.02 Å². The van der Waals surface area contributed by atoms with Crippen LogP contribution in [0.3, 0.4) is 0 Å². The first-order chi connectivity index (χ1) is 12.0. The van der Waals surface area contributed by atoms with Crippen molar-refractivity contribution in [1.29, 1.82) is 0 Å². The summed E-state index contributed by atoms with van der Waals surface area (Å²) in [6, 6.07) is 14.1. The molecule has 3 rings (SSSR count). The number of halogens is 1. The van der Waals surface area contributed by atoms with Crippen LogP contribution < -0.4 is 10.7 Å². The zero-order chi connectivity index (χ0) is 17.8. The lowest BCUT2D eigenvalue weighted by Gasteiger charge is -2.08. The van der Waals surface area contributed by atoms with Crippen LogP contribution in [0, 0.1) is 5.92 Å². The third kappa shape index (κ3) is 4.67. The Balaban J connectivity index is 1.69. The van der Waals surface area contributed by atoms with Gasteiger partial charge in [0.25, 0.3) is 5.91 Å². The molecule has 0 radical (unpaired) electrons. The van der Waals surface area contributed by atoms with Crippen molar-refractivity contribution < 1.29 is 9.59 Å². The van der Waals surface area contributed by atoms with E-state index in [0.717, 1.165) is 18.4 Å². The Hall–Kier alpha value is -2.66. The number of rotatable bonds is 5. The molecule has 1 saturated carbocycles. The van der Waals surface area contributed by atoms with E-state index in [1.807, 2.05) is 25.1 Å². The van der Waals surface area contributed by atoms with E-state index in [0.29, 0.717) is 22.0 Å². The van der Waals surface area contributed by atoms with Crippen LogP contribution in [0.25, 0.3) is 0 Å². The van der Waals surface area contributed by atoms with Gasteiger partial charge >= 0.3 is 0 Å². The third-order valence-corrected chi connectivity index (χ3v) is 4.14. The fourth-order valence-electron chi connectivity index (χ4n) is 2.30. The van der Waals surface area contributed by atoms with Crippen LogP contribution in [-0.2, 0) is 4.79 Å². The van der Waals surface area contributed by atoms with Gasteiger partial charge in [-0.25, -0.2) is 5.43 Å². The van der Waals surface area contributed by atoms with Crippen LogP contribution in [0.1, 0.15) is 35.7 Å². The van der Waals surface area contributed by atoms with Crippen LogP contribution in [0.15, 0.2) is 53.6 Å². The van der Waals surface area contributed by atoms with Gasteiger partial charge in [0.2, 0.25) is 5.91 Å². The van der Waals surface area contributed by atoms with Gasteiger partial charge < -0.3 is 5.32 Å². The van der Waals surface area contributed by atoms with E-state index in [4.69, 9.17) is 11.6 Å². The lowest BCUT2D eigenvalue weighted by Crippen LogP contribution is -2.20. The van der Waals surface area contributed by atoms with E-state index in [2.05, 4.69) is 15.8 Å². The molecule has 0 heterocycles. The number of hydrogen-bond acceptors (Lipinski definition) is 3. The Morgan fingerprint density at radius 3 is 2.52 bits per heavy atom. The fourth-order valence-corrected chi connectivity index (χ4v) is 2.49. The van der Waals surface area contributed by atoms with Crippen LogP contribution >= 0.6 is 11.6 Å². The first kappa shape index (κ1) is 17.2. The van der Waals surface area contributed by atoms with E-state index < -0.39 is 0 Å². The van der Waals surface area contributed by atoms with Gasteiger partial charge in [-0.2, -0.15) is 5.10 Å². The topological polar surface area (TPSA) is 70.6 Å². The van der Waals surface area contributed by atoms with Gasteiger partial charge in [0.05, 0.1) is 5.71 Å². The largest absolute Gasteiger partial charge is 0.322 e. The Bertz CT molecular complexity index is 844. The minimum absolute atomic E-state index is 0.0373. The highest BCUT2D eigenvalue weighted by Gasteiger charge is 2.29. The van der Waals surface area contributed by atoms with Gasteiger partial charge in [-0.15, -0.1) is 0 Å². The van der Waals surface area contributed by atoms with Crippen LogP contribution in [0.4, 0.5) is 5.69 Å². The molecule has 128 valence electrons. The molecule has 1 fully saturated rings. The van der Waals surface area contributed by atoms with Crippen molar-refractivity contribution in [1.82, 2.24) is 5.43 Å². The van der Waals surface area contributed by atoms with Crippen LogP contribution in [-0.4, -0.2) is 17.5 Å². The molecule has 2 amide bonds. The van der Waals surface area contributed by atoms with E-state index >= 15 is 0 Å². The van der Waals surface area contributed by atoms with Gasteiger partial charge in [-0.3, -0.25) is 9.59 Å². The number of carbonyl (C=O) groups excluding carboxylic acids is 2. The van der Waals surface area contributed by atoms with Crippen molar-refractivity contribution in [3.8, 4) is 0 Å². The van der Waals surface area contributed by atoms with Crippen molar-refractivity contribution in [2.45, 2.75) is 19.8 Å². The maximum absolute atomic E-state index is 12.3. The molecule has 1 aliphatic carbocycles.